The third-order valence-corrected chi connectivity index (χ3v) is 4.99. The van der Waals surface area contributed by atoms with Crippen LogP contribution in [0.3, 0.4) is 0 Å². The molecule has 0 aliphatic heterocycles. The van der Waals surface area contributed by atoms with Crippen molar-refractivity contribution in [3.8, 4) is 17.2 Å². The van der Waals surface area contributed by atoms with E-state index in [4.69, 9.17) is 13.6 Å². The zero-order valence-corrected chi connectivity index (χ0v) is 17.0. The Hall–Kier alpha value is -4.57. The summed E-state index contributed by atoms with van der Waals surface area (Å²) in [5.74, 6) is -0.356. The molecule has 0 heterocycles. The number of phosphoric ester groups is 1. The first-order valence-corrected chi connectivity index (χ1v) is 10.2. The molecule has 3 rings (SSSR count). The van der Waals surface area contributed by atoms with Crippen LogP contribution in [0.1, 0.15) is 0 Å². The summed E-state index contributed by atoms with van der Waals surface area (Å²) in [6.45, 7) is 0. The molecule has 0 radical (unpaired) electrons. The lowest BCUT2D eigenvalue weighted by molar-refractivity contribution is 0.299. The van der Waals surface area contributed by atoms with Gasteiger partial charge < -0.3 is 13.6 Å². The van der Waals surface area contributed by atoms with Crippen molar-refractivity contribution in [2.45, 2.75) is 0 Å². The number of para-hydroxylation sites is 6. The van der Waals surface area contributed by atoms with Crippen molar-refractivity contribution in [3.05, 3.63) is 72.8 Å². The van der Waals surface area contributed by atoms with Crippen LogP contribution in [0.5, 0.6) is 17.2 Å². The molecular formula is C21H12N3O7P. The van der Waals surface area contributed by atoms with Gasteiger partial charge in [-0.3, -0.25) is 0 Å². The predicted molar refractivity (Wildman–Crippen MR) is 112 cm³/mol. The zero-order chi connectivity index (χ0) is 22.8. The van der Waals surface area contributed by atoms with Crippen molar-refractivity contribution in [2.24, 2.45) is 15.0 Å². The van der Waals surface area contributed by atoms with Crippen LogP contribution >= 0.6 is 7.82 Å². The molecule has 32 heavy (non-hydrogen) atoms. The Balaban J connectivity index is 2.09. The van der Waals surface area contributed by atoms with Crippen LogP contribution in [0.2, 0.25) is 0 Å². The normalized spacial score (nSPS) is 11.5. The molecule has 0 saturated carbocycles. The number of benzene rings is 3. The molecule has 0 fully saturated rings. The summed E-state index contributed by atoms with van der Waals surface area (Å²) in [5.41, 5.74) is 0.0231. The van der Waals surface area contributed by atoms with Crippen LogP contribution in [-0.4, -0.2) is 18.2 Å². The summed E-state index contributed by atoms with van der Waals surface area (Å²) in [7, 11) is -4.61. The molecule has 3 aromatic rings. The van der Waals surface area contributed by atoms with Crippen LogP contribution in [0, 0.1) is 0 Å². The monoisotopic (exact) mass is 449 g/mol. The fourth-order valence-corrected chi connectivity index (χ4v) is 3.74. The standard InChI is InChI=1S/C21H12N3O7P/c25-13-22-16-7-1-4-10-19(16)29-32(28,30-20-11-5-2-8-17(20)23-14-26)31-21-12-6-3-9-18(21)24-15-27/h1-12H. The highest BCUT2D eigenvalue weighted by atomic mass is 31.2. The average molecular weight is 449 g/mol. The van der Waals surface area contributed by atoms with Crippen molar-refractivity contribution in [3.63, 3.8) is 0 Å². The van der Waals surface area contributed by atoms with Crippen LogP contribution in [0.15, 0.2) is 87.8 Å². The van der Waals surface area contributed by atoms with E-state index in [2.05, 4.69) is 15.0 Å². The fourth-order valence-electron chi connectivity index (χ4n) is 2.44. The largest absolute Gasteiger partial charge is 0.647 e. The molecule has 0 amide bonds. The van der Waals surface area contributed by atoms with Gasteiger partial charge in [0.1, 0.15) is 17.1 Å². The quantitative estimate of drug-likeness (QED) is 0.248. The second-order valence-corrected chi connectivity index (χ2v) is 7.18. The molecule has 0 aliphatic rings. The number of phosphoric acid groups is 1. The predicted octanol–water partition coefficient (Wildman–Crippen LogP) is 5.23. The van der Waals surface area contributed by atoms with Crippen molar-refractivity contribution < 1.29 is 32.5 Å². The van der Waals surface area contributed by atoms with E-state index >= 15 is 0 Å². The molecule has 0 unspecified atom stereocenters. The van der Waals surface area contributed by atoms with Gasteiger partial charge in [-0.2, -0.15) is 19.5 Å². The van der Waals surface area contributed by atoms with Crippen molar-refractivity contribution in [1.82, 2.24) is 0 Å². The van der Waals surface area contributed by atoms with Gasteiger partial charge in [-0.25, -0.2) is 14.4 Å². The van der Waals surface area contributed by atoms with Crippen molar-refractivity contribution >= 4 is 43.1 Å². The molecule has 0 bridgehead atoms. The van der Waals surface area contributed by atoms with E-state index in [0.29, 0.717) is 0 Å². The first-order valence-electron chi connectivity index (χ1n) is 8.78. The SMILES string of the molecule is O=C=Nc1ccccc1OP(=O)(Oc1ccccc1N=C=O)Oc1ccccc1N=C=O. The lowest BCUT2D eigenvalue weighted by Crippen LogP contribution is -2.08. The molecule has 0 atom stereocenters. The fraction of sp³-hybridized carbons (Fsp3) is 0. The highest BCUT2D eigenvalue weighted by molar-refractivity contribution is 7.49. The molecule has 0 aliphatic carbocycles. The van der Waals surface area contributed by atoms with Gasteiger partial charge in [-0.15, -0.1) is 0 Å². The van der Waals surface area contributed by atoms with Crippen LogP contribution in [0.4, 0.5) is 17.1 Å². The first kappa shape index (κ1) is 22.1. The van der Waals surface area contributed by atoms with Crippen LogP contribution in [-0.2, 0) is 18.9 Å². The molecule has 158 valence electrons. The molecule has 3 aromatic carbocycles. The van der Waals surface area contributed by atoms with Crippen molar-refractivity contribution in [1.29, 1.82) is 0 Å². The minimum Gasteiger partial charge on any atom is -0.384 e. The Morgan fingerprint density at radius 3 is 1.09 bits per heavy atom. The zero-order valence-electron chi connectivity index (χ0n) is 16.1. The van der Waals surface area contributed by atoms with Gasteiger partial charge in [-0.1, -0.05) is 36.4 Å². The van der Waals surface area contributed by atoms with E-state index < -0.39 is 7.82 Å². The van der Waals surface area contributed by atoms with Gasteiger partial charge in [0.15, 0.2) is 17.2 Å². The van der Waals surface area contributed by atoms with Gasteiger partial charge in [0.25, 0.3) is 0 Å². The van der Waals surface area contributed by atoms with Crippen LogP contribution < -0.4 is 13.6 Å². The van der Waals surface area contributed by atoms with E-state index in [9.17, 15) is 18.9 Å². The Morgan fingerprint density at radius 2 is 0.812 bits per heavy atom. The molecule has 10 nitrogen and oxygen atoms in total. The summed E-state index contributed by atoms with van der Waals surface area (Å²) < 4.78 is 30.3. The van der Waals surface area contributed by atoms with Gasteiger partial charge in [0, 0.05) is 0 Å². The highest BCUT2D eigenvalue weighted by Crippen LogP contribution is 2.54. The number of isocyanates is 3. The molecule has 11 heteroatoms. The number of hydrogen-bond acceptors (Lipinski definition) is 10. The second-order valence-electron chi connectivity index (χ2n) is 5.73. The van der Waals surface area contributed by atoms with Gasteiger partial charge in [-0.05, 0) is 36.4 Å². The Labute approximate surface area is 181 Å². The van der Waals surface area contributed by atoms with E-state index in [0.717, 1.165) is 0 Å². The third kappa shape index (κ3) is 5.52. The van der Waals surface area contributed by atoms with Gasteiger partial charge in [0.2, 0.25) is 18.2 Å². The summed E-state index contributed by atoms with van der Waals surface area (Å²) in [5, 5.41) is 0. The number of rotatable bonds is 9. The third-order valence-electron chi connectivity index (χ3n) is 3.72. The minimum atomic E-state index is -4.61. The maximum atomic E-state index is 13.7. The number of carbonyl (C=O) groups excluding carboxylic acids is 3. The minimum absolute atomic E-state index is 0.00770. The molecule has 0 saturated heterocycles. The Morgan fingerprint density at radius 1 is 0.531 bits per heavy atom. The van der Waals surface area contributed by atoms with E-state index in [-0.39, 0.29) is 34.3 Å². The molecular weight excluding hydrogens is 437 g/mol. The average Bonchev–Trinajstić information content (AvgIpc) is 2.78. The number of aliphatic imine (C=N–C) groups is 3. The molecule has 0 N–H and O–H groups in total. The second kappa shape index (κ2) is 10.5. The van der Waals surface area contributed by atoms with E-state index in [1.165, 1.54) is 54.6 Å². The molecule has 0 aromatic heterocycles. The van der Waals surface area contributed by atoms with Crippen molar-refractivity contribution in [2.75, 3.05) is 0 Å². The van der Waals surface area contributed by atoms with Gasteiger partial charge >= 0.3 is 7.82 Å². The topological polar surface area (TPSA) is 133 Å². The highest BCUT2D eigenvalue weighted by Gasteiger charge is 2.35. The number of nitrogens with zero attached hydrogens (tertiary/aromatic N) is 3. The summed E-state index contributed by atoms with van der Waals surface area (Å²) in [6.07, 6.45) is 4.11. The Kier molecular flexibility index (Phi) is 7.23. The maximum Gasteiger partial charge on any atom is 0.647 e. The Bertz CT molecular complexity index is 1160. The van der Waals surface area contributed by atoms with E-state index in [1.54, 1.807) is 36.4 Å². The van der Waals surface area contributed by atoms with E-state index in [1.807, 2.05) is 0 Å². The van der Waals surface area contributed by atoms with Crippen LogP contribution in [0.25, 0.3) is 0 Å². The lowest BCUT2D eigenvalue weighted by atomic mass is 10.3. The summed E-state index contributed by atoms with van der Waals surface area (Å²) in [4.78, 5) is 42.7. The summed E-state index contributed by atoms with van der Waals surface area (Å²) in [6, 6.07) is 17.7. The smallest absolute Gasteiger partial charge is 0.384 e. The molecule has 0 spiro atoms. The van der Waals surface area contributed by atoms with Gasteiger partial charge in [0.05, 0.1) is 0 Å². The first-order chi connectivity index (χ1) is 15.6. The maximum absolute atomic E-state index is 13.7. The number of hydrogen-bond donors (Lipinski definition) is 0. The summed E-state index contributed by atoms with van der Waals surface area (Å²) >= 11 is 0. The lowest BCUT2D eigenvalue weighted by Gasteiger charge is -2.20.